The van der Waals surface area contributed by atoms with Crippen LogP contribution in [0.3, 0.4) is 0 Å². The summed E-state index contributed by atoms with van der Waals surface area (Å²) in [6.45, 7) is 17.2. The predicted octanol–water partition coefficient (Wildman–Crippen LogP) is 4.82. The molecule has 0 aliphatic rings. The SMILES string of the molecule is Cc1cc([P+](O)(c2cc(C)c(C)c(C)c2)C(C)C)cc(C)c1C. The summed E-state index contributed by atoms with van der Waals surface area (Å²) in [6, 6.07) is 8.78. The molecule has 0 saturated heterocycles. The molecule has 0 amide bonds. The van der Waals surface area contributed by atoms with Crippen LogP contribution in [-0.2, 0) is 0 Å². The zero-order valence-corrected chi connectivity index (χ0v) is 16.7. The molecule has 0 aliphatic heterocycles. The van der Waals surface area contributed by atoms with Gasteiger partial charge in [0.25, 0.3) is 0 Å². The van der Waals surface area contributed by atoms with Crippen LogP contribution in [0.4, 0.5) is 0 Å². The molecule has 2 aromatic carbocycles. The largest absolute Gasteiger partial charge is 0.240 e. The van der Waals surface area contributed by atoms with E-state index in [2.05, 4.69) is 79.7 Å². The number of rotatable bonds is 3. The highest BCUT2D eigenvalue weighted by molar-refractivity contribution is 7.85. The molecule has 23 heavy (non-hydrogen) atoms. The van der Waals surface area contributed by atoms with Crippen molar-refractivity contribution < 1.29 is 4.89 Å². The molecular weight excluding hydrogens is 299 g/mol. The van der Waals surface area contributed by atoms with Gasteiger partial charge in [0.2, 0.25) is 7.49 Å². The van der Waals surface area contributed by atoms with E-state index >= 15 is 0 Å². The fourth-order valence-electron chi connectivity index (χ4n) is 3.16. The van der Waals surface area contributed by atoms with Gasteiger partial charge in [0, 0.05) is 0 Å². The van der Waals surface area contributed by atoms with Crippen LogP contribution in [0.5, 0.6) is 0 Å². The van der Waals surface area contributed by atoms with E-state index in [-0.39, 0.29) is 5.66 Å². The summed E-state index contributed by atoms with van der Waals surface area (Å²) < 4.78 is 0. The molecule has 2 heteroatoms. The minimum Gasteiger partial charge on any atom is -0.240 e. The van der Waals surface area contributed by atoms with Gasteiger partial charge in [-0.3, -0.25) is 0 Å². The first-order chi connectivity index (χ1) is 10.6. The van der Waals surface area contributed by atoms with Gasteiger partial charge >= 0.3 is 0 Å². The molecule has 2 aromatic rings. The standard InChI is InChI=1S/C21H30OP/c1-13(2)23(22,20-9-14(3)18(7)15(4)10-20)21-11-16(5)19(8)17(6)12-21/h9-13,22H,1-8H3/q+1. The first kappa shape index (κ1) is 18.2. The summed E-state index contributed by atoms with van der Waals surface area (Å²) >= 11 is 0. The topological polar surface area (TPSA) is 20.2 Å². The number of hydrogen-bond donors (Lipinski definition) is 1. The summed E-state index contributed by atoms with van der Waals surface area (Å²) in [5.74, 6) is 0. The van der Waals surface area contributed by atoms with E-state index in [1.807, 2.05) is 0 Å². The molecular formula is C21H30OP+. The second-order valence-corrected chi connectivity index (χ2v) is 10.6. The molecule has 0 radical (unpaired) electrons. The summed E-state index contributed by atoms with van der Waals surface area (Å²) in [4.78, 5) is 11.8. The quantitative estimate of drug-likeness (QED) is 0.800. The highest BCUT2D eigenvalue weighted by atomic mass is 31.2. The van der Waals surface area contributed by atoms with Gasteiger partial charge in [-0.15, -0.1) is 0 Å². The minimum atomic E-state index is -2.39. The van der Waals surface area contributed by atoms with Crippen molar-refractivity contribution in [1.82, 2.24) is 0 Å². The third-order valence-corrected chi connectivity index (χ3v) is 8.94. The Morgan fingerprint density at radius 1 is 0.652 bits per heavy atom. The third-order valence-electron chi connectivity index (χ3n) is 5.36. The molecule has 0 saturated carbocycles. The first-order valence-corrected chi connectivity index (χ1v) is 10.2. The lowest BCUT2D eigenvalue weighted by Crippen LogP contribution is -2.29. The molecule has 1 nitrogen and oxygen atoms in total. The van der Waals surface area contributed by atoms with E-state index in [0.717, 1.165) is 10.6 Å². The number of hydrogen-bond acceptors (Lipinski definition) is 1. The van der Waals surface area contributed by atoms with Gasteiger partial charge in [-0.05, 0) is 113 Å². The van der Waals surface area contributed by atoms with E-state index in [1.165, 1.54) is 33.4 Å². The van der Waals surface area contributed by atoms with Crippen molar-refractivity contribution in [1.29, 1.82) is 0 Å². The van der Waals surface area contributed by atoms with Gasteiger partial charge < -0.3 is 0 Å². The van der Waals surface area contributed by atoms with E-state index in [4.69, 9.17) is 0 Å². The van der Waals surface area contributed by atoms with Crippen LogP contribution in [-0.4, -0.2) is 10.6 Å². The van der Waals surface area contributed by atoms with Crippen molar-refractivity contribution in [3.63, 3.8) is 0 Å². The monoisotopic (exact) mass is 329 g/mol. The highest BCUT2D eigenvalue weighted by Crippen LogP contribution is 2.57. The average Bonchev–Trinajstić information content (AvgIpc) is 2.48. The van der Waals surface area contributed by atoms with Crippen molar-refractivity contribution in [2.75, 3.05) is 0 Å². The fraction of sp³-hybridized carbons (Fsp3) is 0.429. The van der Waals surface area contributed by atoms with Gasteiger partial charge in [-0.1, -0.05) is 0 Å². The Morgan fingerprint density at radius 2 is 0.913 bits per heavy atom. The van der Waals surface area contributed by atoms with Crippen LogP contribution < -0.4 is 10.6 Å². The second kappa shape index (κ2) is 6.38. The molecule has 1 N–H and O–H groups in total. The van der Waals surface area contributed by atoms with Crippen LogP contribution >= 0.6 is 7.49 Å². The second-order valence-electron chi connectivity index (χ2n) is 7.19. The Hall–Kier alpha value is -1.17. The number of aryl methyl sites for hydroxylation is 4. The molecule has 0 aliphatic carbocycles. The summed E-state index contributed by atoms with van der Waals surface area (Å²) in [5.41, 5.74) is 7.89. The van der Waals surface area contributed by atoms with Gasteiger partial charge in [-0.25, -0.2) is 4.89 Å². The van der Waals surface area contributed by atoms with Gasteiger partial charge in [0.15, 0.2) is 0 Å². The number of benzene rings is 2. The zero-order valence-electron chi connectivity index (χ0n) is 15.8. The van der Waals surface area contributed by atoms with Crippen LogP contribution in [0.15, 0.2) is 24.3 Å². The molecule has 0 fully saturated rings. The molecule has 0 unspecified atom stereocenters. The van der Waals surface area contributed by atoms with Crippen LogP contribution in [0.25, 0.3) is 0 Å². The molecule has 0 aromatic heterocycles. The average molecular weight is 329 g/mol. The smallest absolute Gasteiger partial charge is 0.208 e. The van der Waals surface area contributed by atoms with Gasteiger partial charge in [0.05, 0.1) is 5.66 Å². The molecule has 2 rings (SSSR count). The predicted molar refractivity (Wildman–Crippen MR) is 105 cm³/mol. The van der Waals surface area contributed by atoms with Crippen molar-refractivity contribution in [2.24, 2.45) is 0 Å². The fourth-order valence-corrected chi connectivity index (χ4v) is 6.22. The summed E-state index contributed by atoms with van der Waals surface area (Å²) in [5, 5.41) is 2.21. The van der Waals surface area contributed by atoms with Crippen molar-refractivity contribution in [2.45, 2.75) is 61.0 Å². The van der Waals surface area contributed by atoms with Crippen LogP contribution in [0, 0.1) is 41.5 Å². The highest BCUT2D eigenvalue weighted by Gasteiger charge is 2.45. The lowest BCUT2D eigenvalue weighted by atomic mass is 10.0. The van der Waals surface area contributed by atoms with Crippen molar-refractivity contribution in [3.05, 3.63) is 57.6 Å². The normalized spacial score (nSPS) is 12.1. The molecule has 0 atom stereocenters. The molecule has 0 bridgehead atoms. The maximum absolute atomic E-state index is 11.8. The third kappa shape index (κ3) is 3.10. The summed E-state index contributed by atoms with van der Waals surface area (Å²) in [7, 11) is -2.39. The minimum absolute atomic E-state index is 0.200. The Morgan fingerprint density at radius 3 is 1.13 bits per heavy atom. The Kier molecular flexibility index (Phi) is 5.04. The zero-order chi connectivity index (χ0) is 17.5. The van der Waals surface area contributed by atoms with E-state index in [9.17, 15) is 4.89 Å². The Balaban J connectivity index is 2.75. The lowest BCUT2D eigenvalue weighted by molar-refractivity contribution is 0.610. The van der Waals surface area contributed by atoms with Gasteiger partial charge in [-0.2, -0.15) is 0 Å². The van der Waals surface area contributed by atoms with E-state index in [1.54, 1.807) is 0 Å². The van der Waals surface area contributed by atoms with Gasteiger partial charge in [0.1, 0.15) is 10.6 Å². The van der Waals surface area contributed by atoms with Crippen LogP contribution in [0.1, 0.15) is 47.2 Å². The van der Waals surface area contributed by atoms with E-state index < -0.39 is 7.49 Å². The van der Waals surface area contributed by atoms with Crippen molar-refractivity contribution >= 4 is 18.1 Å². The molecule has 0 heterocycles. The maximum atomic E-state index is 11.8. The van der Waals surface area contributed by atoms with Crippen LogP contribution in [0.2, 0.25) is 0 Å². The first-order valence-electron chi connectivity index (χ1n) is 8.37. The molecule has 0 spiro atoms. The van der Waals surface area contributed by atoms with E-state index in [0.29, 0.717) is 0 Å². The molecule has 124 valence electrons. The Bertz CT molecular complexity index is 640. The van der Waals surface area contributed by atoms with Crippen molar-refractivity contribution in [3.8, 4) is 0 Å². The maximum Gasteiger partial charge on any atom is 0.208 e. The lowest BCUT2D eigenvalue weighted by Gasteiger charge is -2.26. The summed E-state index contributed by atoms with van der Waals surface area (Å²) in [6.07, 6.45) is 0. The Labute approximate surface area is 142 Å².